The zero-order chi connectivity index (χ0) is 53.8. The Morgan fingerprint density at radius 1 is 0.640 bits per heavy atom. The van der Waals surface area contributed by atoms with Crippen LogP contribution in [0.25, 0.3) is 39.5 Å². The highest BCUT2D eigenvalue weighted by Crippen LogP contribution is 2.34. The summed E-state index contributed by atoms with van der Waals surface area (Å²) in [5.41, 5.74) is 10.5. The number of anilines is 1. The zero-order valence-corrected chi connectivity index (χ0v) is 45.1. The van der Waals surface area contributed by atoms with Crippen LogP contribution in [0.2, 0.25) is 10.3 Å². The van der Waals surface area contributed by atoms with Crippen LogP contribution in [0.15, 0.2) is 132 Å². The molecule has 21 heteroatoms. The summed E-state index contributed by atoms with van der Waals surface area (Å²) in [5, 5.41) is 44.4. The van der Waals surface area contributed by atoms with Crippen molar-refractivity contribution in [3.63, 3.8) is 0 Å². The van der Waals surface area contributed by atoms with Gasteiger partial charge in [0, 0.05) is 23.2 Å². The Morgan fingerprint density at radius 2 is 1.12 bits per heavy atom. The van der Waals surface area contributed by atoms with Gasteiger partial charge in [0.1, 0.15) is 38.2 Å². The van der Waals surface area contributed by atoms with Gasteiger partial charge in [-0.1, -0.05) is 73.4 Å². The molecular formula is C54H60BBrCl2F3N11O3. The molecular weight excluding hydrogens is 1070 g/mol. The number of halogens is 6. The van der Waals surface area contributed by atoms with Gasteiger partial charge in [-0.3, -0.25) is 0 Å². The molecule has 0 saturated heterocycles. The van der Waals surface area contributed by atoms with Crippen LogP contribution in [-0.4, -0.2) is 83.8 Å². The Balaban J connectivity index is 0.000000147. The number of nitrogens with zero attached hydrogens (tertiary/aromatic N) is 9. The van der Waals surface area contributed by atoms with Crippen LogP contribution in [0.5, 0.6) is 0 Å². The first-order valence-electron chi connectivity index (χ1n) is 24.7. The molecule has 0 atom stereocenters. The van der Waals surface area contributed by atoms with E-state index in [1.807, 2.05) is 32.0 Å². The first-order valence-corrected chi connectivity index (χ1v) is 26.2. The van der Waals surface area contributed by atoms with E-state index >= 15 is 0 Å². The van der Waals surface area contributed by atoms with Crippen molar-refractivity contribution in [2.24, 2.45) is 23.5 Å². The minimum Gasteiger partial charge on any atom is -0.423 e. The molecule has 0 aliphatic heterocycles. The lowest BCUT2D eigenvalue weighted by Gasteiger charge is -2.36. The number of hydrogen-bond donors (Lipinski definition) is 5. The standard InChI is InChI=1S/C21H25FN4O.C12H7ClFN3.C9H19N.C6H6BFO2.C6H3BrClN3/c1-21(2,27)15-6-8-17(9-7-15)24-19-10-11-20-23-13-18(26(20)25-19)14-4-3-5-16(22)12-14;13-11-4-5-12-15-7-10(17(12)16-11)8-2-1-3-9(14)6-8;1-7(2)8-3-5-9(10)6-4-8;8-6-3-1-2-5(4-6)7(9)10;7-4-3-9-6-2-1-5(8)10-11(4)6/h3-5,10-13,15,17,27H,6-9H2,1-2H3,(H,24,25);1-7H;7-9H,3-6,10H2,1-2H3;1-4,9-10H;1-3H. The van der Waals surface area contributed by atoms with E-state index < -0.39 is 18.5 Å². The molecule has 0 spiro atoms. The van der Waals surface area contributed by atoms with Gasteiger partial charge in [0.05, 0.1) is 35.6 Å². The summed E-state index contributed by atoms with van der Waals surface area (Å²) in [4.78, 5) is 12.6. The predicted molar refractivity (Wildman–Crippen MR) is 294 cm³/mol. The molecule has 0 radical (unpaired) electrons. The lowest BCUT2D eigenvalue weighted by molar-refractivity contribution is -0.000411. The molecule has 6 heterocycles. The molecule has 2 fully saturated rings. The number of imidazole rings is 3. The summed E-state index contributed by atoms with van der Waals surface area (Å²) < 4.78 is 44.8. The van der Waals surface area contributed by atoms with Crippen molar-refractivity contribution >= 4 is 74.5 Å². The van der Waals surface area contributed by atoms with Crippen LogP contribution in [0.3, 0.4) is 0 Å². The third-order valence-electron chi connectivity index (χ3n) is 13.2. The molecule has 11 rings (SSSR count). The average Bonchev–Trinajstić information content (AvgIpc) is 4.11. The highest BCUT2D eigenvalue weighted by molar-refractivity contribution is 9.10. The zero-order valence-electron chi connectivity index (χ0n) is 42.0. The molecule has 6 aromatic heterocycles. The van der Waals surface area contributed by atoms with E-state index in [0.717, 1.165) is 76.6 Å². The number of nitrogens with two attached hydrogens (primary N) is 1. The second-order valence-corrected chi connectivity index (χ2v) is 21.0. The van der Waals surface area contributed by atoms with Gasteiger partial charge in [-0.05, 0) is 177 Å². The minimum absolute atomic E-state index is 0.167. The van der Waals surface area contributed by atoms with E-state index in [0.29, 0.717) is 45.2 Å². The highest BCUT2D eigenvalue weighted by Gasteiger charge is 2.31. The highest BCUT2D eigenvalue weighted by atomic mass is 79.9. The van der Waals surface area contributed by atoms with Crippen LogP contribution in [0, 0.1) is 35.2 Å². The first-order chi connectivity index (χ1) is 35.8. The maximum Gasteiger partial charge on any atom is 0.488 e. The van der Waals surface area contributed by atoms with Crippen molar-refractivity contribution in [3.05, 3.63) is 160 Å². The number of aromatic nitrogens is 9. The second kappa shape index (κ2) is 26.2. The second-order valence-electron chi connectivity index (χ2n) is 19.4. The van der Waals surface area contributed by atoms with Crippen molar-refractivity contribution in [3.8, 4) is 22.5 Å². The first kappa shape index (κ1) is 56.8. The normalized spacial score (nSPS) is 17.4. The average molecular weight is 1130 g/mol. The summed E-state index contributed by atoms with van der Waals surface area (Å²) in [5.74, 6) is 1.92. The summed E-state index contributed by atoms with van der Waals surface area (Å²) >= 11 is 14.8. The van der Waals surface area contributed by atoms with E-state index in [1.165, 1.54) is 68.1 Å². The summed E-state index contributed by atoms with van der Waals surface area (Å²) in [6.07, 6.45) is 14.3. The van der Waals surface area contributed by atoms with Gasteiger partial charge in [0.2, 0.25) is 0 Å². The SMILES string of the molecule is CC(C)(O)C1CCC(Nc2ccc3ncc(-c4cccc(F)c4)n3n2)CC1.CC(C)C1CCC(N)CC1.Clc1ccc2ncc(Br)n2n1.Fc1cccc(-c2cnc3ccc(Cl)nn23)c1.OB(O)c1cccc(F)c1. The molecule has 2 aliphatic carbocycles. The third-order valence-corrected chi connectivity index (χ3v) is 14.1. The molecule has 75 heavy (non-hydrogen) atoms. The van der Waals surface area contributed by atoms with Gasteiger partial charge >= 0.3 is 7.12 Å². The monoisotopic (exact) mass is 1130 g/mol. The molecule has 2 saturated carbocycles. The van der Waals surface area contributed by atoms with Crippen LogP contribution < -0.4 is 16.5 Å². The number of rotatable bonds is 7. The quantitative estimate of drug-likeness (QED) is 0.0955. The molecule has 394 valence electrons. The lowest BCUT2D eigenvalue weighted by Crippen LogP contribution is -2.37. The van der Waals surface area contributed by atoms with Crippen molar-refractivity contribution in [1.29, 1.82) is 0 Å². The van der Waals surface area contributed by atoms with E-state index in [9.17, 15) is 18.3 Å². The van der Waals surface area contributed by atoms with Crippen molar-refractivity contribution < 1.29 is 28.3 Å². The van der Waals surface area contributed by atoms with Crippen LogP contribution >= 0.6 is 39.1 Å². The Bertz CT molecular complexity index is 3270. The topological polar surface area (TPSA) is 189 Å². The van der Waals surface area contributed by atoms with E-state index in [1.54, 1.807) is 74.6 Å². The van der Waals surface area contributed by atoms with Crippen LogP contribution in [-0.2, 0) is 0 Å². The largest absolute Gasteiger partial charge is 0.488 e. The number of benzene rings is 3. The van der Waals surface area contributed by atoms with E-state index in [4.69, 9.17) is 39.0 Å². The molecule has 0 unspecified atom stereocenters. The molecule has 2 aliphatic rings. The van der Waals surface area contributed by atoms with Gasteiger partial charge in [-0.2, -0.15) is 10.2 Å². The smallest absolute Gasteiger partial charge is 0.423 e. The molecule has 14 nitrogen and oxygen atoms in total. The maximum absolute atomic E-state index is 13.6. The van der Waals surface area contributed by atoms with Crippen LogP contribution in [0.4, 0.5) is 19.0 Å². The molecule has 0 bridgehead atoms. The summed E-state index contributed by atoms with van der Waals surface area (Å²) in [7, 11) is -1.59. The fourth-order valence-electron chi connectivity index (χ4n) is 8.95. The number of hydrogen-bond acceptors (Lipinski definition) is 11. The molecule has 3 aromatic carbocycles. The van der Waals surface area contributed by atoms with E-state index in [-0.39, 0.29) is 17.1 Å². The maximum atomic E-state index is 13.6. The van der Waals surface area contributed by atoms with Gasteiger partial charge in [-0.15, -0.1) is 5.10 Å². The third kappa shape index (κ3) is 16.1. The van der Waals surface area contributed by atoms with Crippen LogP contribution in [0.1, 0.15) is 79.1 Å². The predicted octanol–water partition coefficient (Wildman–Crippen LogP) is 11.3. The van der Waals surface area contributed by atoms with Gasteiger partial charge < -0.3 is 26.2 Å². The number of nitrogens with one attached hydrogen (secondary N) is 1. The van der Waals surface area contributed by atoms with Gasteiger partial charge in [-0.25, -0.2) is 41.7 Å². The number of fused-ring (bicyclic) bond motifs is 3. The fourth-order valence-corrected chi connectivity index (χ4v) is 9.59. The fraction of sp³-hybridized carbons (Fsp3) is 0.333. The summed E-state index contributed by atoms with van der Waals surface area (Å²) in [6, 6.07) is 29.6. The summed E-state index contributed by atoms with van der Waals surface area (Å²) in [6.45, 7) is 8.44. The lowest BCUT2D eigenvalue weighted by atomic mass is 9.77. The Morgan fingerprint density at radius 3 is 1.61 bits per heavy atom. The van der Waals surface area contributed by atoms with E-state index in [2.05, 4.69) is 65.3 Å². The van der Waals surface area contributed by atoms with Crippen molar-refractivity contribution in [1.82, 2.24) is 43.8 Å². The number of aliphatic hydroxyl groups is 1. The minimum atomic E-state index is -1.59. The Labute approximate surface area is 452 Å². The molecule has 9 aromatic rings. The Hall–Kier alpha value is -5.93. The van der Waals surface area contributed by atoms with Crippen molar-refractivity contribution in [2.45, 2.75) is 96.7 Å². The molecule has 6 N–H and O–H groups in total. The van der Waals surface area contributed by atoms with Crippen molar-refractivity contribution in [2.75, 3.05) is 5.32 Å². The molecule has 0 amide bonds. The van der Waals surface area contributed by atoms with Gasteiger partial charge in [0.15, 0.2) is 16.9 Å². The Kier molecular flexibility index (Phi) is 19.9. The van der Waals surface area contributed by atoms with Gasteiger partial charge in [0.25, 0.3) is 0 Å².